The molecule has 15 heavy (non-hydrogen) atoms. The van der Waals surface area contributed by atoms with Crippen LogP contribution in [0.15, 0.2) is 12.4 Å². The number of hydrogen-bond donors (Lipinski definition) is 1. The zero-order chi connectivity index (χ0) is 10.7. The van der Waals surface area contributed by atoms with Crippen molar-refractivity contribution in [1.29, 1.82) is 0 Å². The van der Waals surface area contributed by atoms with E-state index >= 15 is 0 Å². The van der Waals surface area contributed by atoms with Gasteiger partial charge in [-0.05, 0) is 26.2 Å². The van der Waals surface area contributed by atoms with Crippen LogP contribution in [-0.2, 0) is 0 Å². The van der Waals surface area contributed by atoms with Gasteiger partial charge < -0.3 is 10.6 Å². The lowest BCUT2D eigenvalue weighted by molar-refractivity contribution is 0.385. The van der Waals surface area contributed by atoms with Crippen LogP contribution in [0.3, 0.4) is 0 Å². The minimum Gasteiger partial charge on any atom is -0.351 e. The molecule has 0 amide bonds. The molecule has 1 saturated carbocycles. The van der Waals surface area contributed by atoms with Crippen molar-refractivity contribution in [3.05, 3.63) is 18.1 Å². The van der Waals surface area contributed by atoms with Crippen LogP contribution in [0.25, 0.3) is 0 Å². The molecule has 1 heterocycles. The summed E-state index contributed by atoms with van der Waals surface area (Å²) in [4.78, 5) is 11.0. The van der Waals surface area contributed by atoms with E-state index < -0.39 is 0 Å². The monoisotopic (exact) mass is 206 g/mol. The molecular formula is C11H18N4. The molecule has 0 aromatic carbocycles. The predicted molar refractivity (Wildman–Crippen MR) is 60.8 cm³/mol. The lowest BCUT2D eigenvalue weighted by atomic mass is 9.91. The van der Waals surface area contributed by atoms with E-state index in [0.29, 0.717) is 12.6 Å². The van der Waals surface area contributed by atoms with Crippen molar-refractivity contribution in [2.24, 2.45) is 5.73 Å². The summed E-state index contributed by atoms with van der Waals surface area (Å²) in [5.41, 5.74) is 6.64. The predicted octanol–water partition coefficient (Wildman–Crippen LogP) is 1.10. The van der Waals surface area contributed by atoms with Crippen molar-refractivity contribution in [2.75, 3.05) is 18.0 Å². The van der Waals surface area contributed by atoms with E-state index in [-0.39, 0.29) is 0 Å². The number of aryl methyl sites for hydroxylation is 1. The molecule has 0 saturated heterocycles. The van der Waals surface area contributed by atoms with Gasteiger partial charge in [-0.2, -0.15) is 0 Å². The van der Waals surface area contributed by atoms with E-state index in [9.17, 15) is 0 Å². The van der Waals surface area contributed by atoms with Crippen LogP contribution in [0.2, 0.25) is 0 Å². The first-order valence-corrected chi connectivity index (χ1v) is 5.57. The molecular weight excluding hydrogens is 188 g/mol. The first-order chi connectivity index (χ1) is 7.33. The topological polar surface area (TPSA) is 55.0 Å². The number of nitrogens with two attached hydrogens (primary N) is 1. The van der Waals surface area contributed by atoms with Gasteiger partial charge in [0.2, 0.25) is 0 Å². The van der Waals surface area contributed by atoms with E-state index in [4.69, 9.17) is 5.73 Å². The molecule has 0 aliphatic heterocycles. The molecule has 2 rings (SSSR count). The minimum atomic E-state index is 0.629. The van der Waals surface area contributed by atoms with E-state index in [1.54, 1.807) is 12.4 Å². The third-order valence-electron chi connectivity index (χ3n) is 3.01. The Morgan fingerprint density at radius 2 is 2.13 bits per heavy atom. The third kappa shape index (κ3) is 2.09. The Hall–Kier alpha value is -1.16. The van der Waals surface area contributed by atoms with E-state index in [1.165, 1.54) is 19.3 Å². The maximum absolute atomic E-state index is 5.64. The fraction of sp³-hybridized carbons (Fsp3) is 0.636. The molecule has 0 unspecified atom stereocenters. The van der Waals surface area contributed by atoms with Gasteiger partial charge >= 0.3 is 0 Å². The fourth-order valence-corrected chi connectivity index (χ4v) is 1.98. The highest BCUT2D eigenvalue weighted by Crippen LogP contribution is 2.28. The molecule has 0 radical (unpaired) electrons. The molecule has 0 atom stereocenters. The maximum atomic E-state index is 5.64. The van der Waals surface area contributed by atoms with Crippen molar-refractivity contribution in [3.63, 3.8) is 0 Å². The minimum absolute atomic E-state index is 0.629. The zero-order valence-corrected chi connectivity index (χ0v) is 9.19. The molecule has 1 fully saturated rings. The summed E-state index contributed by atoms with van der Waals surface area (Å²) >= 11 is 0. The van der Waals surface area contributed by atoms with Crippen LogP contribution in [0.4, 0.5) is 5.82 Å². The van der Waals surface area contributed by atoms with Crippen LogP contribution in [0.5, 0.6) is 0 Å². The molecule has 0 spiro atoms. The van der Waals surface area contributed by atoms with Gasteiger partial charge in [-0.25, -0.2) is 4.98 Å². The summed E-state index contributed by atoms with van der Waals surface area (Å²) in [5.74, 6) is 1.01. The quantitative estimate of drug-likeness (QED) is 0.801. The normalized spacial score (nSPS) is 16.1. The van der Waals surface area contributed by atoms with Crippen LogP contribution in [-0.4, -0.2) is 29.1 Å². The summed E-state index contributed by atoms with van der Waals surface area (Å²) in [5, 5.41) is 0. The van der Waals surface area contributed by atoms with Crippen LogP contribution < -0.4 is 10.6 Å². The van der Waals surface area contributed by atoms with Gasteiger partial charge in [0, 0.05) is 31.5 Å². The largest absolute Gasteiger partial charge is 0.351 e. The Bertz CT molecular complexity index is 322. The maximum Gasteiger partial charge on any atom is 0.150 e. The van der Waals surface area contributed by atoms with E-state index in [2.05, 4.69) is 14.9 Å². The van der Waals surface area contributed by atoms with Crippen molar-refractivity contribution < 1.29 is 0 Å². The summed E-state index contributed by atoms with van der Waals surface area (Å²) in [6, 6.07) is 0.629. The highest BCUT2D eigenvalue weighted by atomic mass is 15.2. The van der Waals surface area contributed by atoms with Crippen LogP contribution >= 0.6 is 0 Å². The van der Waals surface area contributed by atoms with Gasteiger partial charge in [-0.15, -0.1) is 0 Å². The highest BCUT2D eigenvalue weighted by molar-refractivity contribution is 5.44. The van der Waals surface area contributed by atoms with Gasteiger partial charge in [0.15, 0.2) is 0 Å². The lowest BCUT2D eigenvalue weighted by Crippen LogP contribution is -2.43. The lowest BCUT2D eigenvalue weighted by Gasteiger charge is -2.38. The zero-order valence-electron chi connectivity index (χ0n) is 9.19. The van der Waals surface area contributed by atoms with E-state index in [1.807, 2.05) is 6.92 Å². The van der Waals surface area contributed by atoms with Gasteiger partial charge in [0.25, 0.3) is 0 Å². The average molecular weight is 206 g/mol. The molecule has 0 bridgehead atoms. The van der Waals surface area contributed by atoms with Crippen LogP contribution in [0.1, 0.15) is 25.0 Å². The molecule has 2 N–H and O–H groups in total. The molecule has 1 aliphatic carbocycles. The van der Waals surface area contributed by atoms with Gasteiger partial charge in [0.05, 0.1) is 5.69 Å². The number of rotatable bonds is 4. The Morgan fingerprint density at radius 1 is 1.40 bits per heavy atom. The molecule has 1 aliphatic rings. The van der Waals surface area contributed by atoms with Crippen molar-refractivity contribution in [2.45, 2.75) is 32.2 Å². The number of nitrogens with zero attached hydrogens (tertiary/aromatic N) is 3. The van der Waals surface area contributed by atoms with Gasteiger partial charge in [0.1, 0.15) is 5.82 Å². The fourth-order valence-electron chi connectivity index (χ4n) is 1.98. The molecule has 4 heteroatoms. The Kier molecular flexibility index (Phi) is 3.16. The smallest absolute Gasteiger partial charge is 0.150 e. The SMILES string of the molecule is Cc1nccnc1N(CCN)C1CCC1. The first kappa shape index (κ1) is 10.4. The van der Waals surface area contributed by atoms with Crippen molar-refractivity contribution in [1.82, 2.24) is 9.97 Å². The molecule has 1 aromatic rings. The number of aromatic nitrogens is 2. The standard InChI is InChI=1S/C11H18N4/c1-9-11(14-7-6-13-9)15(8-5-12)10-3-2-4-10/h6-7,10H,2-5,8,12H2,1H3. The number of anilines is 1. The first-order valence-electron chi connectivity index (χ1n) is 5.57. The molecule has 4 nitrogen and oxygen atoms in total. The van der Waals surface area contributed by atoms with Crippen molar-refractivity contribution >= 4 is 5.82 Å². The van der Waals surface area contributed by atoms with Gasteiger partial charge in [-0.1, -0.05) is 0 Å². The molecule has 1 aromatic heterocycles. The number of hydrogen-bond acceptors (Lipinski definition) is 4. The Balaban J connectivity index is 2.19. The summed E-state index contributed by atoms with van der Waals surface area (Å²) in [7, 11) is 0. The Morgan fingerprint density at radius 3 is 2.67 bits per heavy atom. The average Bonchev–Trinajstić information content (AvgIpc) is 2.15. The second-order valence-corrected chi connectivity index (χ2v) is 4.03. The Labute approximate surface area is 90.5 Å². The highest BCUT2D eigenvalue weighted by Gasteiger charge is 2.26. The second kappa shape index (κ2) is 4.57. The third-order valence-corrected chi connectivity index (χ3v) is 3.01. The second-order valence-electron chi connectivity index (χ2n) is 4.03. The summed E-state index contributed by atoms with van der Waals surface area (Å²) in [6.07, 6.45) is 7.34. The van der Waals surface area contributed by atoms with Gasteiger partial charge in [-0.3, -0.25) is 4.98 Å². The van der Waals surface area contributed by atoms with Crippen LogP contribution in [0, 0.1) is 6.92 Å². The summed E-state index contributed by atoms with van der Waals surface area (Å²) < 4.78 is 0. The van der Waals surface area contributed by atoms with E-state index in [0.717, 1.165) is 18.1 Å². The summed E-state index contributed by atoms with van der Waals surface area (Å²) in [6.45, 7) is 3.56. The molecule has 82 valence electrons. The van der Waals surface area contributed by atoms with Crippen molar-refractivity contribution in [3.8, 4) is 0 Å².